The number of hydrogen-bond acceptors (Lipinski definition) is 3. The lowest BCUT2D eigenvalue weighted by Gasteiger charge is -2.04. The first-order valence-electron chi connectivity index (χ1n) is 7.19. The lowest BCUT2D eigenvalue weighted by molar-refractivity contribution is -0.137. The number of hydrogen-bond donors (Lipinski definition) is 2. The highest BCUT2D eigenvalue weighted by molar-refractivity contribution is 7.09. The topological polar surface area (TPSA) is 66.4 Å². The van der Waals surface area contributed by atoms with Crippen molar-refractivity contribution in [3.8, 4) is 0 Å². The van der Waals surface area contributed by atoms with Crippen molar-refractivity contribution in [2.24, 2.45) is 0 Å². The van der Waals surface area contributed by atoms with Gasteiger partial charge in [0.2, 0.25) is 5.91 Å². The number of aliphatic carboxylic acids is 1. The molecule has 20 heavy (non-hydrogen) atoms. The van der Waals surface area contributed by atoms with Crippen molar-refractivity contribution in [2.45, 2.75) is 51.4 Å². The van der Waals surface area contributed by atoms with E-state index in [1.54, 1.807) is 11.3 Å². The summed E-state index contributed by atoms with van der Waals surface area (Å²) >= 11 is 1.73. The summed E-state index contributed by atoms with van der Waals surface area (Å²) in [6.45, 7) is 0.699. The molecule has 0 aliphatic heterocycles. The van der Waals surface area contributed by atoms with Gasteiger partial charge in [0, 0.05) is 24.3 Å². The first kappa shape index (κ1) is 16.7. The second-order valence-corrected chi connectivity index (χ2v) is 5.87. The number of carboxylic acid groups (broad SMARTS) is 1. The van der Waals surface area contributed by atoms with Crippen LogP contribution >= 0.6 is 11.3 Å². The van der Waals surface area contributed by atoms with Crippen LogP contribution in [0.3, 0.4) is 0 Å². The summed E-state index contributed by atoms with van der Waals surface area (Å²) in [7, 11) is 0. The number of amides is 1. The molecule has 1 heterocycles. The van der Waals surface area contributed by atoms with Crippen molar-refractivity contribution in [1.82, 2.24) is 5.32 Å². The minimum atomic E-state index is -0.732. The van der Waals surface area contributed by atoms with E-state index in [1.807, 2.05) is 6.07 Å². The summed E-state index contributed by atoms with van der Waals surface area (Å²) in [5, 5.41) is 13.4. The van der Waals surface area contributed by atoms with E-state index in [1.165, 1.54) is 4.88 Å². The largest absolute Gasteiger partial charge is 0.481 e. The second-order valence-electron chi connectivity index (χ2n) is 4.84. The number of unbranched alkanes of at least 4 members (excludes halogenated alkanes) is 3. The summed E-state index contributed by atoms with van der Waals surface area (Å²) in [5.74, 6) is -0.615. The second kappa shape index (κ2) is 10.4. The van der Waals surface area contributed by atoms with Crippen molar-refractivity contribution in [3.05, 3.63) is 22.4 Å². The van der Waals surface area contributed by atoms with E-state index in [2.05, 4.69) is 16.8 Å². The summed E-state index contributed by atoms with van der Waals surface area (Å²) in [6.07, 6.45) is 6.24. The summed E-state index contributed by atoms with van der Waals surface area (Å²) in [4.78, 5) is 23.2. The molecular weight excluding hydrogens is 274 g/mol. The molecule has 5 heteroatoms. The molecule has 112 valence electrons. The maximum absolute atomic E-state index is 11.6. The molecule has 0 spiro atoms. The van der Waals surface area contributed by atoms with Crippen LogP contribution in [0.4, 0.5) is 0 Å². The highest BCUT2D eigenvalue weighted by atomic mass is 32.1. The van der Waals surface area contributed by atoms with E-state index < -0.39 is 5.97 Å². The van der Waals surface area contributed by atoms with Gasteiger partial charge in [0.1, 0.15) is 0 Å². The smallest absolute Gasteiger partial charge is 0.303 e. The van der Waals surface area contributed by atoms with Gasteiger partial charge in [-0.15, -0.1) is 11.3 Å². The zero-order chi connectivity index (χ0) is 14.6. The zero-order valence-electron chi connectivity index (χ0n) is 11.8. The van der Waals surface area contributed by atoms with Crippen LogP contribution in [0, 0.1) is 0 Å². The quantitative estimate of drug-likeness (QED) is 0.616. The molecule has 0 aromatic carbocycles. The van der Waals surface area contributed by atoms with Gasteiger partial charge in [0.25, 0.3) is 0 Å². The summed E-state index contributed by atoms with van der Waals surface area (Å²) in [5.41, 5.74) is 0. The number of carbonyl (C=O) groups is 2. The van der Waals surface area contributed by atoms with Crippen LogP contribution in [-0.2, 0) is 16.0 Å². The molecular formula is C15H23NO3S. The van der Waals surface area contributed by atoms with E-state index in [9.17, 15) is 9.59 Å². The fourth-order valence-electron chi connectivity index (χ4n) is 1.95. The summed E-state index contributed by atoms with van der Waals surface area (Å²) in [6, 6.07) is 4.13. The Labute approximate surface area is 124 Å². The Bertz CT molecular complexity index is 390. The molecule has 1 aromatic heterocycles. The molecule has 0 saturated heterocycles. The molecule has 0 aliphatic rings. The van der Waals surface area contributed by atoms with Crippen LogP contribution in [-0.4, -0.2) is 23.5 Å². The van der Waals surface area contributed by atoms with Gasteiger partial charge in [-0.1, -0.05) is 18.9 Å². The lowest BCUT2D eigenvalue weighted by Crippen LogP contribution is -2.24. The van der Waals surface area contributed by atoms with Crippen LogP contribution in [0.2, 0.25) is 0 Å². The molecule has 1 amide bonds. The van der Waals surface area contributed by atoms with Gasteiger partial charge in [0.15, 0.2) is 0 Å². The van der Waals surface area contributed by atoms with E-state index >= 15 is 0 Å². The Morgan fingerprint density at radius 2 is 1.90 bits per heavy atom. The number of thiophene rings is 1. The molecule has 0 radical (unpaired) electrons. The minimum absolute atomic E-state index is 0.118. The molecule has 0 atom stereocenters. The van der Waals surface area contributed by atoms with Crippen molar-refractivity contribution in [2.75, 3.05) is 6.54 Å². The monoisotopic (exact) mass is 297 g/mol. The molecule has 0 fully saturated rings. The third kappa shape index (κ3) is 8.69. The Morgan fingerprint density at radius 3 is 2.60 bits per heavy atom. The zero-order valence-corrected chi connectivity index (χ0v) is 12.6. The van der Waals surface area contributed by atoms with Crippen molar-refractivity contribution in [1.29, 1.82) is 0 Å². The molecule has 4 nitrogen and oxygen atoms in total. The van der Waals surface area contributed by atoms with Crippen LogP contribution < -0.4 is 5.32 Å². The Kier molecular flexibility index (Phi) is 8.71. The van der Waals surface area contributed by atoms with Crippen molar-refractivity contribution < 1.29 is 14.7 Å². The Balaban J connectivity index is 1.88. The van der Waals surface area contributed by atoms with Gasteiger partial charge in [-0.2, -0.15) is 0 Å². The predicted octanol–water partition coefficient (Wildman–Crippen LogP) is 3.22. The van der Waals surface area contributed by atoms with Crippen molar-refractivity contribution >= 4 is 23.2 Å². The van der Waals surface area contributed by atoms with Gasteiger partial charge < -0.3 is 10.4 Å². The molecule has 0 unspecified atom stereocenters. The van der Waals surface area contributed by atoms with Gasteiger partial charge in [-0.05, 0) is 37.1 Å². The molecule has 0 bridgehead atoms. The van der Waals surface area contributed by atoms with Crippen LogP contribution in [0.15, 0.2) is 17.5 Å². The lowest BCUT2D eigenvalue weighted by atomic mass is 10.1. The normalized spacial score (nSPS) is 10.4. The standard InChI is InChI=1S/C15H23NO3S/c17-14(9-5-7-13-8-6-12-20-13)16-11-4-2-1-3-10-15(18)19/h6,8,12H,1-5,7,9-11H2,(H,16,17)(H,18,19). The number of carboxylic acids is 1. The van der Waals surface area contributed by atoms with Crippen molar-refractivity contribution in [3.63, 3.8) is 0 Å². The Morgan fingerprint density at radius 1 is 1.10 bits per heavy atom. The maximum atomic E-state index is 11.6. The van der Waals surface area contributed by atoms with Gasteiger partial charge >= 0.3 is 5.97 Å². The van der Waals surface area contributed by atoms with Crippen LogP contribution in [0.5, 0.6) is 0 Å². The fourth-order valence-corrected chi connectivity index (χ4v) is 2.70. The van der Waals surface area contributed by atoms with E-state index in [-0.39, 0.29) is 12.3 Å². The highest BCUT2D eigenvalue weighted by Gasteiger charge is 2.02. The number of aryl methyl sites for hydroxylation is 1. The number of nitrogens with one attached hydrogen (secondary N) is 1. The third-order valence-electron chi connectivity index (χ3n) is 3.05. The SMILES string of the molecule is O=C(O)CCCCCCNC(=O)CCCc1cccs1. The van der Waals surface area contributed by atoms with Gasteiger partial charge in [0.05, 0.1) is 0 Å². The molecule has 0 aliphatic carbocycles. The predicted molar refractivity (Wildman–Crippen MR) is 81.0 cm³/mol. The van der Waals surface area contributed by atoms with Gasteiger partial charge in [-0.3, -0.25) is 9.59 Å². The van der Waals surface area contributed by atoms with Gasteiger partial charge in [-0.25, -0.2) is 0 Å². The third-order valence-corrected chi connectivity index (χ3v) is 3.98. The molecule has 1 rings (SSSR count). The fraction of sp³-hybridized carbons (Fsp3) is 0.600. The van der Waals surface area contributed by atoms with E-state index in [0.29, 0.717) is 13.0 Å². The average molecular weight is 297 g/mol. The highest BCUT2D eigenvalue weighted by Crippen LogP contribution is 2.11. The van der Waals surface area contributed by atoms with E-state index in [0.717, 1.165) is 38.5 Å². The number of carbonyl (C=O) groups excluding carboxylic acids is 1. The first-order chi connectivity index (χ1) is 9.68. The van der Waals surface area contributed by atoms with E-state index in [4.69, 9.17) is 5.11 Å². The summed E-state index contributed by atoms with van der Waals surface area (Å²) < 4.78 is 0. The number of rotatable bonds is 11. The molecule has 0 saturated carbocycles. The Hall–Kier alpha value is -1.36. The van der Waals surface area contributed by atoms with Crippen LogP contribution in [0.25, 0.3) is 0 Å². The minimum Gasteiger partial charge on any atom is -0.481 e. The maximum Gasteiger partial charge on any atom is 0.303 e. The average Bonchev–Trinajstić information content (AvgIpc) is 2.90. The molecule has 1 aromatic rings. The van der Waals surface area contributed by atoms with Crippen LogP contribution in [0.1, 0.15) is 49.8 Å². The molecule has 2 N–H and O–H groups in total. The first-order valence-corrected chi connectivity index (χ1v) is 8.07.